The van der Waals surface area contributed by atoms with Crippen LogP contribution in [0.25, 0.3) is 16.6 Å². The standard InChI is InChI=1S/C28H27FN4O3/c1-19-8-10-22(17-24(19)29)33-26(34)23-11-9-21(27(35)36-2)16-25(23)30-28(33)32-14-12-31(13-15-32)18-20-6-4-3-5-7-20/h3-11,16-17H,12-15,18H2,1-2H3. The smallest absolute Gasteiger partial charge is 0.337 e. The SMILES string of the molecule is COC(=O)c1ccc2c(=O)n(-c3ccc(C)c(F)c3)c(N3CCN(Cc4ccccc4)CC3)nc2c1. The molecule has 0 N–H and O–H groups in total. The van der Waals surface area contributed by atoms with Gasteiger partial charge in [-0.2, -0.15) is 0 Å². The number of nitrogens with zero attached hydrogens (tertiary/aromatic N) is 4. The lowest BCUT2D eigenvalue weighted by Crippen LogP contribution is -2.47. The molecule has 1 fully saturated rings. The number of aryl methyl sites for hydroxylation is 1. The summed E-state index contributed by atoms with van der Waals surface area (Å²) in [5, 5.41) is 0.343. The highest BCUT2D eigenvalue weighted by Gasteiger charge is 2.24. The third kappa shape index (κ3) is 4.59. The van der Waals surface area contributed by atoms with Gasteiger partial charge in [-0.05, 0) is 48.4 Å². The largest absolute Gasteiger partial charge is 0.465 e. The number of methoxy groups -OCH3 is 1. The van der Waals surface area contributed by atoms with E-state index in [2.05, 4.69) is 17.0 Å². The number of fused-ring (bicyclic) bond motifs is 1. The number of esters is 1. The van der Waals surface area contributed by atoms with E-state index in [9.17, 15) is 14.0 Å². The zero-order valence-electron chi connectivity index (χ0n) is 20.3. The van der Waals surface area contributed by atoms with Crippen LogP contribution in [0.3, 0.4) is 0 Å². The molecule has 1 saturated heterocycles. The molecule has 1 aliphatic heterocycles. The van der Waals surface area contributed by atoms with Gasteiger partial charge in [0.15, 0.2) is 0 Å². The molecule has 1 aromatic heterocycles. The van der Waals surface area contributed by atoms with Gasteiger partial charge >= 0.3 is 5.97 Å². The predicted octanol–water partition coefficient (Wildman–Crippen LogP) is 3.94. The quantitative estimate of drug-likeness (QED) is 0.398. The Hall–Kier alpha value is -4.04. The molecule has 0 atom stereocenters. The first-order valence-electron chi connectivity index (χ1n) is 11.9. The number of carbonyl (C=O) groups is 1. The van der Waals surface area contributed by atoms with E-state index in [1.54, 1.807) is 37.3 Å². The molecule has 8 heteroatoms. The van der Waals surface area contributed by atoms with Gasteiger partial charge in [-0.25, -0.2) is 18.7 Å². The van der Waals surface area contributed by atoms with Crippen LogP contribution < -0.4 is 10.5 Å². The molecular formula is C28H27FN4O3. The van der Waals surface area contributed by atoms with Gasteiger partial charge in [0, 0.05) is 32.7 Å². The molecule has 184 valence electrons. The summed E-state index contributed by atoms with van der Waals surface area (Å²) in [6, 6.07) is 19.7. The molecule has 4 aromatic rings. The Morgan fingerprint density at radius 3 is 2.44 bits per heavy atom. The molecule has 1 aliphatic rings. The summed E-state index contributed by atoms with van der Waals surface area (Å²) in [6.07, 6.45) is 0. The summed E-state index contributed by atoms with van der Waals surface area (Å²) >= 11 is 0. The lowest BCUT2D eigenvalue weighted by atomic mass is 10.1. The number of hydrogen-bond acceptors (Lipinski definition) is 6. The first-order chi connectivity index (χ1) is 17.4. The minimum absolute atomic E-state index is 0.315. The number of aromatic nitrogens is 2. The zero-order chi connectivity index (χ0) is 25.2. The molecule has 0 aliphatic carbocycles. The topological polar surface area (TPSA) is 67.7 Å². The fourth-order valence-electron chi connectivity index (χ4n) is 4.53. The molecule has 2 heterocycles. The predicted molar refractivity (Wildman–Crippen MR) is 137 cm³/mol. The normalized spacial score (nSPS) is 14.2. The van der Waals surface area contributed by atoms with Crippen molar-refractivity contribution in [3.63, 3.8) is 0 Å². The lowest BCUT2D eigenvalue weighted by Gasteiger charge is -2.36. The maximum absolute atomic E-state index is 14.5. The number of hydrogen-bond donors (Lipinski definition) is 0. The zero-order valence-corrected chi connectivity index (χ0v) is 20.3. The third-order valence-electron chi connectivity index (χ3n) is 6.59. The highest BCUT2D eigenvalue weighted by molar-refractivity contribution is 5.94. The van der Waals surface area contributed by atoms with Gasteiger partial charge in [0.05, 0.1) is 29.3 Å². The Morgan fingerprint density at radius 2 is 1.75 bits per heavy atom. The summed E-state index contributed by atoms with van der Waals surface area (Å²) in [5.74, 6) is -0.462. The van der Waals surface area contributed by atoms with Crippen LogP contribution in [-0.4, -0.2) is 53.7 Å². The minimum Gasteiger partial charge on any atom is -0.465 e. The Morgan fingerprint density at radius 1 is 1.00 bits per heavy atom. The molecule has 36 heavy (non-hydrogen) atoms. The number of ether oxygens (including phenoxy) is 1. The highest BCUT2D eigenvalue weighted by atomic mass is 19.1. The van der Waals surface area contributed by atoms with Crippen molar-refractivity contribution >= 4 is 22.8 Å². The average Bonchev–Trinajstić information content (AvgIpc) is 2.90. The first-order valence-corrected chi connectivity index (χ1v) is 11.9. The molecule has 0 bridgehead atoms. The first kappa shape index (κ1) is 23.7. The molecule has 0 amide bonds. The second kappa shape index (κ2) is 9.91. The van der Waals surface area contributed by atoms with Crippen LogP contribution in [0.4, 0.5) is 10.3 Å². The molecule has 3 aromatic carbocycles. The van der Waals surface area contributed by atoms with Crippen molar-refractivity contribution in [3.8, 4) is 5.69 Å². The number of anilines is 1. The van der Waals surface area contributed by atoms with Crippen molar-refractivity contribution in [1.29, 1.82) is 0 Å². The maximum atomic E-state index is 14.5. The van der Waals surface area contributed by atoms with E-state index in [1.807, 2.05) is 23.1 Å². The van der Waals surface area contributed by atoms with Crippen LogP contribution in [0.15, 0.2) is 71.5 Å². The molecule has 0 unspecified atom stereocenters. The van der Waals surface area contributed by atoms with Crippen molar-refractivity contribution in [1.82, 2.24) is 14.5 Å². The van der Waals surface area contributed by atoms with Gasteiger partial charge in [-0.1, -0.05) is 36.4 Å². The number of halogens is 1. The van der Waals surface area contributed by atoms with Crippen LogP contribution in [-0.2, 0) is 11.3 Å². The van der Waals surface area contributed by atoms with Gasteiger partial charge in [-0.15, -0.1) is 0 Å². The van der Waals surface area contributed by atoms with Gasteiger partial charge in [0.1, 0.15) is 5.82 Å². The van der Waals surface area contributed by atoms with E-state index in [0.717, 1.165) is 19.6 Å². The van der Waals surface area contributed by atoms with Gasteiger partial charge in [0.25, 0.3) is 5.56 Å². The highest BCUT2D eigenvalue weighted by Crippen LogP contribution is 2.23. The summed E-state index contributed by atoms with van der Waals surface area (Å²) in [6.45, 7) is 5.40. The van der Waals surface area contributed by atoms with Crippen molar-refractivity contribution in [2.75, 3.05) is 38.2 Å². The van der Waals surface area contributed by atoms with Gasteiger partial charge in [-0.3, -0.25) is 9.69 Å². The lowest BCUT2D eigenvalue weighted by molar-refractivity contribution is 0.0601. The number of benzene rings is 3. The Labute approximate surface area is 208 Å². The van der Waals surface area contributed by atoms with Crippen LogP contribution in [0.2, 0.25) is 0 Å². The molecule has 0 spiro atoms. The van der Waals surface area contributed by atoms with E-state index >= 15 is 0 Å². The van der Waals surface area contributed by atoms with E-state index in [1.165, 1.54) is 23.3 Å². The fraction of sp³-hybridized carbons (Fsp3) is 0.250. The average molecular weight is 487 g/mol. The summed E-state index contributed by atoms with van der Waals surface area (Å²) in [5.41, 5.74) is 2.55. The molecule has 0 saturated carbocycles. The summed E-state index contributed by atoms with van der Waals surface area (Å²) in [7, 11) is 1.31. The minimum atomic E-state index is -0.500. The van der Waals surface area contributed by atoms with Crippen LogP contribution in [0.1, 0.15) is 21.5 Å². The second-order valence-corrected chi connectivity index (χ2v) is 8.96. The van der Waals surface area contributed by atoms with Crippen molar-refractivity contribution < 1.29 is 13.9 Å². The van der Waals surface area contributed by atoms with Gasteiger partial charge in [0.2, 0.25) is 5.95 Å². The molecule has 7 nitrogen and oxygen atoms in total. The molecule has 5 rings (SSSR count). The van der Waals surface area contributed by atoms with Crippen molar-refractivity contribution in [2.24, 2.45) is 0 Å². The molecule has 0 radical (unpaired) electrons. The second-order valence-electron chi connectivity index (χ2n) is 8.96. The number of rotatable bonds is 5. The molecular weight excluding hydrogens is 459 g/mol. The van der Waals surface area contributed by atoms with Crippen LogP contribution in [0, 0.1) is 12.7 Å². The number of piperazine rings is 1. The Bertz CT molecular complexity index is 1480. The Balaban J connectivity index is 1.55. The van der Waals surface area contributed by atoms with Crippen LogP contribution in [0.5, 0.6) is 0 Å². The van der Waals surface area contributed by atoms with E-state index in [4.69, 9.17) is 9.72 Å². The van der Waals surface area contributed by atoms with Crippen molar-refractivity contribution in [3.05, 3.63) is 99.6 Å². The fourth-order valence-corrected chi connectivity index (χ4v) is 4.53. The summed E-state index contributed by atoms with van der Waals surface area (Å²) < 4.78 is 20.8. The van der Waals surface area contributed by atoms with Gasteiger partial charge < -0.3 is 9.64 Å². The van der Waals surface area contributed by atoms with Crippen molar-refractivity contribution in [2.45, 2.75) is 13.5 Å². The maximum Gasteiger partial charge on any atom is 0.337 e. The van der Waals surface area contributed by atoms with E-state index in [0.29, 0.717) is 46.8 Å². The third-order valence-corrected chi connectivity index (χ3v) is 6.59. The van der Waals surface area contributed by atoms with Crippen LogP contribution >= 0.6 is 0 Å². The van der Waals surface area contributed by atoms with E-state index < -0.39 is 5.97 Å². The van der Waals surface area contributed by atoms with E-state index in [-0.39, 0.29) is 11.4 Å². The summed E-state index contributed by atoms with van der Waals surface area (Å²) in [4.78, 5) is 35.0. The Kier molecular flexibility index (Phi) is 6.52. The number of carbonyl (C=O) groups excluding carboxylic acids is 1. The monoisotopic (exact) mass is 486 g/mol.